The maximum atomic E-state index is 12.5. The Bertz CT molecular complexity index is 995. The number of nitrogens with zero attached hydrogens (tertiary/aromatic N) is 3. The SMILES string of the molecule is COc1ccc(OC)c(NC(=O)CCc2c(C)nc3cc(C)nn3c2C)c1. The van der Waals surface area contributed by atoms with E-state index in [1.165, 1.54) is 0 Å². The van der Waals surface area contributed by atoms with Crippen molar-refractivity contribution in [3.05, 3.63) is 46.9 Å². The molecule has 7 nitrogen and oxygen atoms in total. The number of hydrogen-bond acceptors (Lipinski definition) is 5. The van der Waals surface area contributed by atoms with Gasteiger partial charge in [0.05, 0.1) is 25.6 Å². The van der Waals surface area contributed by atoms with Crippen molar-refractivity contribution in [2.45, 2.75) is 33.6 Å². The molecule has 0 atom stereocenters. The smallest absolute Gasteiger partial charge is 0.224 e. The van der Waals surface area contributed by atoms with Gasteiger partial charge >= 0.3 is 0 Å². The van der Waals surface area contributed by atoms with Crippen molar-refractivity contribution in [2.75, 3.05) is 19.5 Å². The fraction of sp³-hybridized carbons (Fsp3) is 0.350. The summed E-state index contributed by atoms with van der Waals surface area (Å²) >= 11 is 0. The van der Waals surface area contributed by atoms with Crippen LogP contribution in [0.15, 0.2) is 24.3 Å². The lowest BCUT2D eigenvalue weighted by Crippen LogP contribution is -2.15. The van der Waals surface area contributed by atoms with Gasteiger partial charge in [-0.3, -0.25) is 4.79 Å². The molecule has 1 aromatic carbocycles. The Kier molecular flexibility index (Phi) is 5.30. The molecule has 7 heteroatoms. The Morgan fingerprint density at radius 3 is 2.63 bits per heavy atom. The number of benzene rings is 1. The van der Waals surface area contributed by atoms with E-state index in [9.17, 15) is 4.79 Å². The van der Waals surface area contributed by atoms with Crippen molar-refractivity contribution in [2.24, 2.45) is 0 Å². The molecule has 0 bridgehead atoms. The zero-order chi connectivity index (χ0) is 19.6. The number of nitrogens with one attached hydrogen (secondary N) is 1. The summed E-state index contributed by atoms with van der Waals surface area (Å²) in [6.07, 6.45) is 0.910. The molecule has 3 aromatic rings. The van der Waals surface area contributed by atoms with Gasteiger partial charge in [0.25, 0.3) is 0 Å². The van der Waals surface area contributed by atoms with Crippen LogP contribution in [0.5, 0.6) is 11.5 Å². The molecule has 0 saturated heterocycles. The third kappa shape index (κ3) is 3.86. The van der Waals surface area contributed by atoms with E-state index in [2.05, 4.69) is 15.4 Å². The number of aryl methyl sites for hydroxylation is 3. The fourth-order valence-electron chi connectivity index (χ4n) is 3.17. The normalized spacial score (nSPS) is 10.9. The standard InChI is InChI=1S/C20H24N4O3/c1-12-10-19-21-13(2)16(14(3)24(19)23-12)7-9-20(25)22-17-11-15(26-4)6-8-18(17)27-5/h6,8,10-11H,7,9H2,1-5H3,(H,22,25). The Labute approximate surface area is 158 Å². The topological polar surface area (TPSA) is 77.8 Å². The number of aromatic nitrogens is 3. The molecule has 1 N–H and O–H groups in total. The average molecular weight is 368 g/mol. The first-order valence-corrected chi connectivity index (χ1v) is 8.77. The highest BCUT2D eigenvalue weighted by Gasteiger charge is 2.14. The lowest BCUT2D eigenvalue weighted by Gasteiger charge is -2.13. The fourth-order valence-corrected chi connectivity index (χ4v) is 3.17. The monoisotopic (exact) mass is 368 g/mol. The molecule has 0 aliphatic carbocycles. The van der Waals surface area contributed by atoms with Crippen LogP contribution in [-0.2, 0) is 11.2 Å². The summed E-state index contributed by atoms with van der Waals surface area (Å²) in [5.41, 5.74) is 5.32. The quantitative estimate of drug-likeness (QED) is 0.723. The molecule has 0 radical (unpaired) electrons. The highest BCUT2D eigenvalue weighted by atomic mass is 16.5. The number of carbonyl (C=O) groups is 1. The predicted molar refractivity (Wildman–Crippen MR) is 104 cm³/mol. The largest absolute Gasteiger partial charge is 0.497 e. The summed E-state index contributed by atoms with van der Waals surface area (Å²) in [6.45, 7) is 5.91. The Balaban J connectivity index is 1.76. The summed E-state index contributed by atoms with van der Waals surface area (Å²) in [5.74, 6) is 1.14. The van der Waals surface area contributed by atoms with Crippen LogP contribution in [0.4, 0.5) is 5.69 Å². The molecule has 2 heterocycles. The van der Waals surface area contributed by atoms with Gasteiger partial charge in [0.15, 0.2) is 5.65 Å². The number of rotatable bonds is 6. The third-order valence-electron chi connectivity index (χ3n) is 4.57. The van der Waals surface area contributed by atoms with Gasteiger partial charge < -0.3 is 14.8 Å². The number of amides is 1. The first-order valence-electron chi connectivity index (χ1n) is 8.77. The molecule has 142 valence electrons. The van der Waals surface area contributed by atoms with E-state index in [-0.39, 0.29) is 5.91 Å². The number of ether oxygens (including phenoxy) is 2. The van der Waals surface area contributed by atoms with Gasteiger partial charge in [0.1, 0.15) is 11.5 Å². The lowest BCUT2D eigenvalue weighted by atomic mass is 10.1. The maximum absolute atomic E-state index is 12.5. The minimum Gasteiger partial charge on any atom is -0.497 e. The average Bonchev–Trinajstić information content (AvgIpc) is 3.01. The predicted octanol–water partition coefficient (Wildman–Crippen LogP) is 3.24. The van der Waals surface area contributed by atoms with Gasteiger partial charge in [-0.1, -0.05) is 0 Å². The van der Waals surface area contributed by atoms with Crippen LogP contribution in [0, 0.1) is 20.8 Å². The Hall–Kier alpha value is -3.09. The Morgan fingerprint density at radius 2 is 1.93 bits per heavy atom. The molecular weight excluding hydrogens is 344 g/mol. The van der Waals surface area contributed by atoms with Crippen molar-refractivity contribution in [1.82, 2.24) is 14.6 Å². The molecule has 0 fully saturated rings. The van der Waals surface area contributed by atoms with Crippen molar-refractivity contribution in [3.8, 4) is 11.5 Å². The number of fused-ring (bicyclic) bond motifs is 1. The van der Waals surface area contributed by atoms with E-state index in [0.29, 0.717) is 30.0 Å². The summed E-state index contributed by atoms with van der Waals surface area (Å²) in [6, 6.07) is 7.24. The molecule has 0 unspecified atom stereocenters. The number of carbonyl (C=O) groups excluding carboxylic acids is 1. The van der Waals surface area contributed by atoms with Crippen molar-refractivity contribution >= 4 is 17.2 Å². The number of methoxy groups -OCH3 is 2. The number of anilines is 1. The van der Waals surface area contributed by atoms with Gasteiger partial charge in [-0.15, -0.1) is 0 Å². The van der Waals surface area contributed by atoms with Gasteiger partial charge in [0, 0.05) is 29.9 Å². The van der Waals surface area contributed by atoms with E-state index in [1.807, 2.05) is 31.4 Å². The minimum atomic E-state index is -0.0999. The minimum absolute atomic E-state index is 0.0999. The molecule has 1 amide bonds. The van der Waals surface area contributed by atoms with E-state index in [0.717, 1.165) is 28.3 Å². The van der Waals surface area contributed by atoms with Crippen molar-refractivity contribution in [1.29, 1.82) is 0 Å². The second kappa shape index (κ2) is 7.65. The van der Waals surface area contributed by atoms with Crippen LogP contribution in [0.3, 0.4) is 0 Å². The third-order valence-corrected chi connectivity index (χ3v) is 4.57. The molecule has 0 aliphatic rings. The van der Waals surface area contributed by atoms with Gasteiger partial charge in [-0.25, -0.2) is 9.50 Å². The molecule has 2 aromatic heterocycles. The zero-order valence-corrected chi connectivity index (χ0v) is 16.3. The maximum Gasteiger partial charge on any atom is 0.224 e. The van der Waals surface area contributed by atoms with E-state index in [1.54, 1.807) is 32.4 Å². The summed E-state index contributed by atoms with van der Waals surface area (Å²) in [7, 11) is 3.15. The molecule has 0 aliphatic heterocycles. The van der Waals surface area contributed by atoms with Crippen LogP contribution in [-0.4, -0.2) is 34.7 Å². The van der Waals surface area contributed by atoms with Gasteiger partial charge in [-0.2, -0.15) is 5.10 Å². The van der Waals surface area contributed by atoms with Crippen LogP contribution in [0.1, 0.15) is 29.1 Å². The highest BCUT2D eigenvalue weighted by molar-refractivity contribution is 5.92. The van der Waals surface area contributed by atoms with Crippen LogP contribution in [0.25, 0.3) is 5.65 Å². The molecule has 0 spiro atoms. The van der Waals surface area contributed by atoms with Crippen LogP contribution < -0.4 is 14.8 Å². The lowest BCUT2D eigenvalue weighted by molar-refractivity contribution is -0.116. The number of hydrogen-bond donors (Lipinski definition) is 1. The first-order chi connectivity index (χ1) is 12.9. The molecular formula is C20H24N4O3. The van der Waals surface area contributed by atoms with Gasteiger partial charge in [0.2, 0.25) is 5.91 Å². The zero-order valence-electron chi connectivity index (χ0n) is 16.3. The summed E-state index contributed by atoms with van der Waals surface area (Å²) in [5, 5.41) is 7.37. The highest BCUT2D eigenvalue weighted by Crippen LogP contribution is 2.29. The summed E-state index contributed by atoms with van der Waals surface area (Å²) in [4.78, 5) is 17.1. The Morgan fingerprint density at radius 1 is 1.15 bits per heavy atom. The second-order valence-electron chi connectivity index (χ2n) is 6.43. The van der Waals surface area contributed by atoms with Gasteiger partial charge in [-0.05, 0) is 44.9 Å². The van der Waals surface area contributed by atoms with E-state index >= 15 is 0 Å². The first kappa shape index (κ1) is 18.7. The van der Waals surface area contributed by atoms with E-state index < -0.39 is 0 Å². The molecule has 3 rings (SSSR count). The molecule has 27 heavy (non-hydrogen) atoms. The molecule has 0 saturated carbocycles. The van der Waals surface area contributed by atoms with Crippen LogP contribution >= 0.6 is 0 Å². The van der Waals surface area contributed by atoms with Crippen molar-refractivity contribution < 1.29 is 14.3 Å². The second-order valence-corrected chi connectivity index (χ2v) is 6.43. The van der Waals surface area contributed by atoms with Crippen LogP contribution in [0.2, 0.25) is 0 Å². The van der Waals surface area contributed by atoms with Crippen molar-refractivity contribution in [3.63, 3.8) is 0 Å². The van der Waals surface area contributed by atoms with E-state index in [4.69, 9.17) is 9.47 Å². The summed E-state index contributed by atoms with van der Waals surface area (Å²) < 4.78 is 12.4.